The lowest BCUT2D eigenvalue weighted by atomic mass is 10.1. The lowest BCUT2D eigenvalue weighted by molar-refractivity contribution is -0.0265. The molecule has 0 amide bonds. The number of hydrogen-bond acceptors (Lipinski definition) is 4. The Hall–Kier alpha value is -0.550. The molecule has 0 saturated carbocycles. The molecule has 112 valence electrons. The standard InChI is InChI=1S/C16H25NO2S/c1-12(2)17-7-8-19-15(10-17)11-20-16-6-4-5-14(9-16)13(3)18/h4-6,9,12-13,15,18H,7-8,10-11H2,1-3H3. The first-order valence-electron chi connectivity index (χ1n) is 7.32. The number of morpholine rings is 1. The minimum atomic E-state index is -0.405. The third-order valence-electron chi connectivity index (χ3n) is 3.68. The van der Waals surface area contributed by atoms with Crippen LogP contribution < -0.4 is 0 Å². The van der Waals surface area contributed by atoms with Crippen molar-refractivity contribution >= 4 is 11.8 Å². The number of rotatable bonds is 5. The summed E-state index contributed by atoms with van der Waals surface area (Å²) in [6, 6.07) is 8.72. The highest BCUT2D eigenvalue weighted by atomic mass is 32.2. The quantitative estimate of drug-likeness (QED) is 0.847. The van der Waals surface area contributed by atoms with Gasteiger partial charge in [0.05, 0.1) is 18.8 Å². The predicted molar refractivity (Wildman–Crippen MR) is 84.2 cm³/mol. The molecule has 1 saturated heterocycles. The minimum absolute atomic E-state index is 0.298. The summed E-state index contributed by atoms with van der Waals surface area (Å²) >= 11 is 1.81. The second-order valence-corrected chi connectivity index (χ2v) is 6.73. The van der Waals surface area contributed by atoms with Crippen LogP contribution in [0.3, 0.4) is 0 Å². The molecular formula is C16H25NO2S. The summed E-state index contributed by atoms with van der Waals surface area (Å²) in [7, 11) is 0. The Morgan fingerprint density at radius 1 is 1.40 bits per heavy atom. The normalized spacial score (nSPS) is 22.1. The van der Waals surface area contributed by atoms with Gasteiger partial charge in [0, 0.05) is 29.8 Å². The van der Waals surface area contributed by atoms with Crippen LogP contribution in [-0.2, 0) is 4.74 Å². The fourth-order valence-electron chi connectivity index (χ4n) is 2.37. The van der Waals surface area contributed by atoms with Gasteiger partial charge in [-0.1, -0.05) is 12.1 Å². The zero-order valence-corrected chi connectivity index (χ0v) is 13.4. The number of benzene rings is 1. The van der Waals surface area contributed by atoms with Gasteiger partial charge in [-0.2, -0.15) is 0 Å². The molecule has 20 heavy (non-hydrogen) atoms. The van der Waals surface area contributed by atoms with Gasteiger partial charge < -0.3 is 9.84 Å². The zero-order valence-electron chi connectivity index (χ0n) is 12.6. The van der Waals surface area contributed by atoms with Crippen LogP contribution >= 0.6 is 11.8 Å². The van der Waals surface area contributed by atoms with Gasteiger partial charge in [0.15, 0.2) is 0 Å². The van der Waals surface area contributed by atoms with E-state index >= 15 is 0 Å². The molecule has 1 fully saturated rings. The van der Waals surface area contributed by atoms with Gasteiger partial charge >= 0.3 is 0 Å². The highest BCUT2D eigenvalue weighted by Gasteiger charge is 2.22. The highest BCUT2D eigenvalue weighted by molar-refractivity contribution is 7.99. The molecule has 2 unspecified atom stereocenters. The molecule has 1 heterocycles. The van der Waals surface area contributed by atoms with Gasteiger partial charge in [0.25, 0.3) is 0 Å². The first-order valence-corrected chi connectivity index (χ1v) is 8.31. The Balaban J connectivity index is 1.87. The average molecular weight is 295 g/mol. The third kappa shape index (κ3) is 4.48. The molecular weight excluding hydrogens is 270 g/mol. The number of aliphatic hydroxyl groups excluding tert-OH is 1. The van der Waals surface area contributed by atoms with Crippen molar-refractivity contribution in [3.8, 4) is 0 Å². The van der Waals surface area contributed by atoms with Crippen LogP contribution in [0.25, 0.3) is 0 Å². The highest BCUT2D eigenvalue weighted by Crippen LogP contribution is 2.24. The van der Waals surface area contributed by atoms with Crippen molar-refractivity contribution in [3.63, 3.8) is 0 Å². The molecule has 2 atom stereocenters. The van der Waals surface area contributed by atoms with Gasteiger partial charge in [-0.3, -0.25) is 4.90 Å². The van der Waals surface area contributed by atoms with Crippen molar-refractivity contribution in [2.45, 2.75) is 43.9 Å². The van der Waals surface area contributed by atoms with E-state index in [1.54, 1.807) is 6.92 Å². The fourth-order valence-corrected chi connectivity index (χ4v) is 3.34. The van der Waals surface area contributed by atoms with Crippen LogP contribution in [0.1, 0.15) is 32.4 Å². The SMILES string of the molecule is CC(O)c1cccc(SCC2CN(C(C)C)CCO2)c1. The van der Waals surface area contributed by atoms with Crippen LogP contribution in [0.15, 0.2) is 29.2 Å². The molecule has 1 aliphatic heterocycles. The first kappa shape index (κ1) is 15.8. The monoisotopic (exact) mass is 295 g/mol. The summed E-state index contributed by atoms with van der Waals surface area (Å²) in [5.41, 5.74) is 0.975. The van der Waals surface area contributed by atoms with E-state index in [9.17, 15) is 5.11 Å². The lowest BCUT2D eigenvalue weighted by Gasteiger charge is -2.35. The molecule has 0 radical (unpaired) electrons. The molecule has 0 spiro atoms. The van der Waals surface area contributed by atoms with Crippen molar-refractivity contribution in [1.29, 1.82) is 0 Å². The van der Waals surface area contributed by atoms with E-state index < -0.39 is 6.10 Å². The van der Waals surface area contributed by atoms with Crippen LogP contribution in [0.2, 0.25) is 0 Å². The van der Waals surface area contributed by atoms with Crippen molar-refractivity contribution in [2.24, 2.45) is 0 Å². The maximum absolute atomic E-state index is 9.62. The second-order valence-electron chi connectivity index (χ2n) is 5.64. The second kappa shape index (κ2) is 7.46. The number of nitrogens with zero attached hydrogens (tertiary/aromatic N) is 1. The van der Waals surface area contributed by atoms with Crippen molar-refractivity contribution < 1.29 is 9.84 Å². The number of thioether (sulfide) groups is 1. The zero-order chi connectivity index (χ0) is 14.5. The van der Waals surface area contributed by atoms with Crippen molar-refractivity contribution in [2.75, 3.05) is 25.4 Å². The largest absolute Gasteiger partial charge is 0.389 e. The summed E-state index contributed by atoms with van der Waals surface area (Å²) in [6.45, 7) is 9.16. The average Bonchev–Trinajstić information content (AvgIpc) is 2.45. The van der Waals surface area contributed by atoms with Gasteiger partial charge in [0.1, 0.15) is 0 Å². The van der Waals surface area contributed by atoms with Crippen molar-refractivity contribution in [1.82, 2.24) is 4.90 Å². The topological polar surface area (TPSA) is 32.7 Å². The predicted octanol–water partition coefficient (Wildman–Crippen LogP) is 2.94. The molecule has 1 aliphatic rings. The Morgan fingerprint density at radius 3 is 2.90 bits per heavy atom. The number of hydrogen-bond donors (Lipinski definition) is 1. The van der Waals surface area contributed by atoms with E-state index in [0.717, 1.165) is 31.0 Å². The molecule has 1 N–H and O–H groups in total. The molecule has 1 aromatic rings. The Morgan fingerprint density at radius 2 is 2.20 bits per heavy atom. The molecule has 0 bridgehead atoms. The molecule has 3 nitrogen and oxygen atoms in total. The summed E-state index contributed by atoms with van der Waals surface area (Å²) < 4.78 is 5.85. The lowest BCUT2D eigenvalue weighted by Crippen LogP contribution is -2.46. The van der Waals surface area contributed by atoms with Crippen molar-refractivity contribution in [3.05, 3.63) is 29.8 Å². The van der Waals surface area contributed by atoms with Crippen LogP contribution in [0.4, 0.5) is 0 Å². The van der Waals surface area contributed by atoms with E-state index in [1.807, 2.05) is 23.9 Å². The Bertz CT molecular complexity index is 423. The van der Waals surface area contributed by atoms with E-state index in [2.05, 4.69) is 30.9 Å². The first-order chi connectivity index (χ1) is 9.56. The molecule has 0 aromatic heterocycles. The molecule has 4 heteroatoms. The molecule has 0 aliphatic carbocycles. The van der Waals surface area contributed by atoms with Gasteiger partial charge in [0.2, 0.25) is 0 Å². The Kier molecular flexibility index (Phi) is 5.90. The Labute approximate surface area is 126 Å². The molecule has 1 aromatic carbocycles. The minimum Gasteiger partial charge on any atom is -0.389 e. The van der Waals surface area contributed by atoms with Crippen LogP contribution in [-0.4, -0.2) is 47.6 Å². The van der Waals surface area contributed by atoms with E-state index in [4.69, 9.17) is 4.74 Å². The van der Waals surface area contributed by atoms with Gasteiger partial charge in [-0.05, 0) is 38.5 Å². The number of ether oxygens (including phenoxy) is 1. The maximum Gasteiger partial charge on any atom is 0.0796 e. The fraction of sp³-hybridized carbons (Fsp3) is 0.625. The number of aliphatic hydroxyl groups is 1. The summed E-state index contributed by atoms with van der Waals surface area (Å²) in [4.78, 5) is 3.68. The summed E-state index contributed by atoms with van der Waals surface area (Å²) in [5, 5.41) is 9.62. The van der Waals surface area contributed by atoms with Gasteiger partial charge in [-0.25, -0.2) is 0 Å². The van der Waals surface area contributed by atoms with E-state index in [0.29, 0.717) is 12.1 Å². The van der Waals surface area contributed by atoms with E-state index in [1.165, 1.54) is 4.90 Å². The smallest absolute Gasteiger partial charge is 0.0796 e. The van der Waals surface area contributed by atoms with Crippen LogP contribution in [0, 0.1) is 0 Å². The summed E-state index contributed by atoms with van der Waals surface area (Å²) in [5.74, 6) is 0.965. The van der Waals surface area contributed by atoms with E-state index in [-0.39, 0.29) is 0 Å². The van der Waals surface area contributed by atoms with Crippen LogP contribution in [0.5, 0.6) is 0 Å². The maximum atomic E-state index is 9.62. The summed E-state index contributed by atoms with van der Waals surface area (Å²) in [6.07, 6.45) is -0.107. The molecule has 2 rings (SSSR count). The van der Waals surface area contributed by atoms with Gasteiger partial charge in [-0.15, -0.1) is 11.8 Å². The third-order valence-corrected chi connectivity index (χ3v) is 4.80.